The van der Waals surface area contributed by atoms with E-state index in [4.69, 9.17) is 5.11 Å². The van der Waals surface area contributed by atoms with Gasteiger partial charge in [0, 0.05) is 13.0 Å². The van der Waals surface area contributed by atoms with Crippen LogP contribution in [0, 0.1) is 11.6 Å². The molecular weight excluding hydrogens is 240 g/mol. The molecule has 1 rings (SSSR count). The summed E-state index contributed by atoms with van der Waals surface area (Å²) in [5.74, 6) is -1.67. The Morgan fingerprint density at radius 3 is 2.72 bits per heavy atom. The Hall–Kier alpha value is -1.49. The molecule has 1 aromatic rings. The number of carboxylic acid groups (broad SMARTS) is 1. The van der Waals surface area contributed by atoms with Gasteiger partial charge in [0.1, 0.15) is 11.6 Å². The summed E-state index contributed by atoms with van der Waals surface area (Å²) in [5, 5.41) is 8.49. The minimum Gasteiger partial charge on any atom is -0.481 e. The lowest BCUT2D eigenvalue weighted by atomic mass is 10.1. The maximum atomic E-state index is 13.3. The van der Waals surface area contributed by atoms with Gasteiger partial charge in [0.05, 0.1) is 0 Å². The third-order valence-corrected chi connectivity index (χ3v) is 2.70. The summed E-state index contributed by atoms with van der Waals surface area (Å²) >= 11 is 0. The van der Waals surface area contributed by atoms with Crippen LogP contribution in [0.3, 0.4) is 0 Å². The normalized spacial score (nSPS) is 10.9. The van der Waals surface area contributed by atoms with E-state index < -0.39 is 17.6 Å². The first kappa shape index (κ1) is 14.6. The zero-order valence-corrected chi connectivity index (χ0v) is 10.3. The summed E-state index contributed by atoms with van der Waals surface area (Å²) < 4.78 is 26.2. The minimum atomic E-state index is -0.820. The van der Waals surface area contributed by atoms with Crippen molar-refractivity contribution in [3.63, 3.8) is 0 Å². The Labute approximate surface area is 105 Å². The fourth-order valence-corrected chi connectivity index (χ4v) is 1.66. The second-order valence-corrected chi connectivity index (χ2v) is 4.29. The first-order chi connectivity index (χ1) is 8.49. The lowest BCUT2D eigenvalue weighted by molar-refractivity contribution is -0.137. The van der Waals surface area contributed by atoms with Crippen LogP contribution in [-0.2, 0) is 11.2 Å². The quantitative estimate of drug-likeness (QED) is 0.814. The standard InChI is InChI=1S/C13H17F2NO2/c1-16(7-2-3-13(17)18)8-6-10-9-11(14)4-5-12(10)15/h4-5,9H,2-3,6-8H2,1H3,(H,17,18). The largest absolute Gasteiger partial charge is 0.481 e. The zero-order valence-electron chi connectivity index (χ0n) is 10.3. The third kappa shape index (κ3) is 5.23. The predicted molar refractivity (Wildman–Crippen MR) is 64.4 cm³/mol. The van der Waals surface area contributed by atoms with E-state index >= 15 is 0 Å². The fourth-order valence-electron chi connectivity index (χ4n) is 1.66. The SMILES string of the molecule is CN(CCCC(=O)O)CCc1cc(F)ccc1F. The summed E-state index contributed by atoms with van der Waals surface area (Å²) in [7, 11) is 1.83. The first-order valence-electron chi connectivity index (χ1n) is 5.83. The number of carboxylic acids is 1. The summed E-state index contributed by atoms with van der Waals surface area (Å²) in [5.41, 5.74) is 0.347. The number of nitrogens with zero attached hydrogens (tertiary/aromatic N) is 1. The van der Waals surface area contributed by atoms with Gasteiger partial charge in [0.2, 0.25) is 0 Å². The number of halogens is 2. The van der Waals surface area contributed by atoms with Gasteiger partial charge in [-0.05, 0) is 50.2 Å². The second kappa shape index (κ2) is 7.06. The number of rotatable bonds is 7. The van der Waals surface area contributed by atoms with Crippen molar-refractivity contribution in [1.29, 1.82) is 0 Å². The molecular formula is C13H17F2NO2. The molecule has 0 radical (unpaired) electrons. The Kier molecular flexibility index (Phi) is 5.71. The summed E-state index contributed by atoms with van der Waals surface area (Å²) in [6.07, 6.45) is 1.09. The van der Waals surface area contributed by atoms with E-state index in [1.54, 1.807) is 0 Å². The molecule has 0 amide bonds. The molecule has 0 atom stereocenters. The van der Waals surface area contributed by atoms with Crippen LogP contribution in [0.2, 0.25) is 0 Å². The lowest BCUT2D eigenvalue weighted by Gasteiger charge is -2.16. The van der Waals surface area contributed by atoms with E-state index in [2.05, 4.69) is 0 Å². The van der Waals surface area contributed by atoms with Crippen molar-refractivity contribution < 1.29 is 18.7 Å². The molecule has 0 fully saturated rings. The average molecular weight is 257 g/mol. The van der Waals surface area contributed by atoms with Gasteiger partial charge in [-0.25, -0.2) is 8.78 Å². The highest BCUT2D eigenvalue weighted by Gasteiger charge is 2.06. The van der Waals surface area contributed by atoms with Crippen LogP contribution in [0.4, 0.5) is 8.78 Å². The van der Waals surface area contributed by atoms with Crippen LogP contribution < -0.4 is 0 Å². The maximum Gasteiger partial charge on any atom is 0.303 e. The van der Waals surface area contributed by atoms with Crippen LogP contribution >= 0.6 is 0 Å². The van der Waals surface area contributed by atoms with Crippen molar-refractivity contribution >= 4 is 5.97 Å². The van der Waals surface area contributed by atoms with Crippen LogP contribution in [0.25, 0.3) is 0 Å². The number of hydrogen-bond acceptors (Lipinski definition) is 2. The summed E-state index contributed by atoms with van der Waals surface area (Å²) in [6, 6.07) is 3.41. The number of benzene rings is 1. The number of likely N-dealkylation sites (N-methyl/N-ethyl adjacent to an activating group) is 1. The van der Waals surface area contributed by atoms with Gasteiger partial charge in [-0.2, -0.15) is 0 Å². The van der Waals surface area contributed by atoms with Crippen molar-refractivity contribution in [2.24, 2.45) is 0 Å². The Morgan fingerprint density at radius 1 is 1.33 bits per heavy atom. The number of hydrogen-bond donors (Lipinski definition) is 1. The number of carbonyl (C=O) groups is 1. The first-order valence-corrected chi connectivity index (χ1v) is 5.83. The smallest absolute Gasteiger partial charge is 0.303 e. The van der Waals surface area contributed by atoms with Crippen LogP contribution in [0.15, 0.2) is 18.2 Å². The molecule has 0 saturated carbocycles. The highest BCUT2D eigenvalue weighted by atomic mass is 19.1. The van der Waals surface area contributed by atoms with Gasteiger partial charge in [0.15, 0.2) is 0 Å². The molecule has 0 heterocycles. The highest BCUT2D eigenvalue weighted by molar-refractivity contribution is 5.66. The van der Waals surface area contributed by atoms with E-state index in [0.29, 0.717) is 31.5 Å². The lowest BCUT2D eigenvalue weighted by Crippen LogP contribution is -2.23. The van der Waals surface area contributed by atoms with Crippen LogP contribution in [-0.4, -0.2) is 36.1 Å². The molecule has 3 nitrogen and oxygen atoms in total. The molecule has 0 bridgehead atoms. The molecule has 0 spiro atoms. The Bertz CT molecular complexity index is 410. The molecule has 5 heteroatoms. The van der Waals surface area contributed by atoms with Crippen molar-refractivity contribution in [3.8, 4) is 0 Å². The van der Waals surface area contributed by atoms with E-state index in [1.807, 2.05) is 11.9 Å². The van der Waals surface area contributed by atoms with Crippen molar-refractivity contribution in [2.45, 2.75) is 19.3 Å². The fraction of sp³-hybridized carbons (Fsp3) is 0.462. The molecule has 1 aromatic carbocycles. The van der Waals surface area contributed by atoms with Gasteiger partial charge < -0.3 is 10.0 Å². The minimum absolute atomic E-state index is 0.124. The van der Waals surface area contributed by atoms with Crippen molar-refractivity contribution in [1.82, 2.24) is 4.90 Å². The van der Waals surface area contributed by atoms with E-state index in [1.165, 1.54) is 6.07 Å². The average Bonchev–Trinajstić information content (AvgIpc) is 2.30. The van der Waals surface area contributed by atoms with Crippen molar-refractivity contribution in [2.75, 3.05) is 20.1 Å². The molecule has 0 unspecified atom stereocenters. The molecule has 100 valence electrons. The van der Waals surface area contributed by atoms with Gasteiger partial charge in [-0.3, -0.25) is 4.79 Å². The molecule has 0 aliphatic heterocycles. The van der Waals surface area contributed by atoms with Gasteiger partial charge >= 0.3 is 5.97 Å². The third-order valence-electron chi connectivity index (χ3n) is 2.70. The number of aliphatic carboxylic acids is 1. The predicted octanol–water partition coefficient (Wildman–Crippen LogP) is 2.30. The molecule has 0 aromatic heterocycles. The second-order valence-electron chi connectivity index (χ2n) is 4.29. The highest BCUT2D eigenvalue weighted by Crippen LogP contribution is 2.10. The molecule has 18 heavy (non-hydrogen) atoms. The van der Waals surface area contributed by atoms with Gasteiger partial charge in [-0.15, -0.1) is 0 Å². The Balaban J connectivity index is 2.35. The van der Waals surface area contributed by atoms with Crippen molar-refractivity contribution in [3.05, 3.63) is 35.4 Å². The molecule has 1 N–H and O–H groups in total. The molecule has 0 aliphatic rings. The van der Waals surface area contributed by atoms with Crippen LogP contribution in [0.1, 0.15) is 18.4 Å². The van der Waals surface area contributed by atoms with Crippen LogP contribution in [0.5, 0.6) is 0 Å². The monoisotopic (exact) mass is 257 g/mol. The van der Waals surface area contributed by atoms with Gasteiger partial charge in [-0.1, -0.05) is 0 Å². The maximum absolute atomic E-state index is 13.3. The van der Waals surface area contributed by atoms with E-state index in [9.17, 15) is 13.6 Å². The van der Waals surface area contributed by atoms with E-state index in [-0.39, 0.29) is 6.42 Å². The topological polar surface area (TPSA) is 40.5 Å². The summed E-state index contributed by atoms with van der Waals surface area (Å²) in [6.45, 7) is 1.20. The van der Waals surface area contributed by atoms with Gasteiger partial charge in [0.25, 0.3) is 0 Å². The zero-order chi connectivity index (χ0) is 13.5. The summed E-state index contributed by atoms with van der Waals surface area (Å²) in [4.78, 5) is 12.2. The van der Waals surface area contributed by atoms with E-state index in [0.717, 1.165) is 12.1 Å². The Morgan fingerprint density at radius 2 is 2.06 bits per heavy atom. The molecule has 0 saturated heterocycles. The molecule has 0 aliphatic carbocycles.